The smallest absolute Gasteiger partial charge is 0.192 e. The van der Waals surface area contributed by atoms with Crippen molar-refractivity contribution in [3.8, 4) is 0 Å². The second-order valence-corrected chi connectivity index (χ2v) is 11.6. The van der Waals surface area contributed by atoms with Crippen molar-refractivity contribution in [2.45, 2.75) is 59.2 Å². The van der Waals surface area contributed by atoms with Gasteiger partial charge in [-0.3, -0.25) is 4.79 Å². The Kier molecular flexibility index (Phi) is 5.35. The highest BCUT2D eigenvalue weighted by atomic mass is 28.4. The van der Waals surface area contributed by atoms with Gasteiger partial charge in [0.25, 0.3) is 0 Å². The van der Waals surface area contributed by atoms with Gasteiger partial charge in [-0.05, 0) is 25.1 Å². The van der Waals surface area contributed by atoms with Crippen LogP contribution in [0.15, 0.2) is 12.7 Å². The average molecular weight is 256 g/mol. The summed E-state index contributed by atoms with van der Waals surface area (Å²) >= 11 is 0. The molecule has 100 valence electrons. The van der Waals surface area contributed by atoms with E-state index in [4.69, 9.17) is 4.43 Å². The Morgan fingerprint density at radius 3 is 2.06 bits per heavy atom. The average Bonchev–Trinajstić information content (AvgIpc) is 2.12. The molecule has 0 aliphatic carbocycles. The van der Waals surface area contributed by atoms with E-state index in [1.165, 1.54) is 0 Å². The summed E-state index contributed by atoms with van der Waals surface area (Å²) < 4.78 is 6.17. The first-order chi connectivity index (χ1) is 7.43. The molecule has 2 nitrogen and oxygen atoms in total. The fourth-order valence-electron chi connectivity index (χ4n) is 1.31. The molecule has 0 saturated carbocycles. The molecule has 0 aliphatic rings. The van der Waals surface area contributed by atoms with Gasteiger partial charge in [0.1, 0.15) is 5.78 Å². The Bertz CT molecular complexity index is 289. The lowest BCUT2D eigenvalue weighted by atomic mass is 9.86. The molecule has 0 amide bonds. The van der Waals surface area contributed by atoms with E-state index in [1.54, 1.807) is 6.92 Å². The quantitative estimate of drug-likeness (QED) is 0.526. The first kappa shape index (κ1) is 16.6. The summed E-state index contributed by atoms with van der Waals surface area (Å²) in [5.74, 6) is 0.186. The molecule has 0 aliphatic heterocycles. The van der Waals surface area contributed by atoms with Gasteiger partial charge in [0.2, 0.25) is 0 Å². The molecule has 0 heterocycles. The zero-order valence-corrected chi connectivity index (χ0v) is 13.5. The summed E-state index contributed by atoms with van der Waals surface area (Å²) in [5, 5.41) is 0.200. The monoisotopic (exact) mass is 256 g/mol. The molecule has 0 rings (SSSR count). The molecule has 0 radical (unpaired) electrons. The van der Waals surface area contributed by atoms with E-state index in [1.807, 2.05) is 13.0 Å². The molecule has 0 spiro atoms. The Labute approximate surface area is 108 Å². The lowest BCUT2D eigenvalue weighted by Gasteiger charge is -2.39. The summed E-state index contributed by atoms with van der Waals surface area (Å²) in [5.41, 5.74) is -0.235. The number of rotatable bonds is 6. The predicted octanol–water partition coefficient (Wildman–Crippen LogP) is 4.18. The van der Waals surface area contributed by atoms with Crippen molar-refractivity contribution < 1.29 is 9.22 Å². The molecular weight excluding hydrogens is 228 g/mol. The third-order valence-corrected chi connectivity index (χ3v) is 8.19. The van der Waals surface area contributed by atoms with Gasteiger partial charge >= 0.3 is 0 Å². The number of carbonyl (C=O) groups is 1. The summed E-state index contributed by atoms with van der Waals surface area (Å²) in [4.78, 5) is 11.2. The molecule has 17 heavy (non-hydrogen) atoms. The summed E-state index contributed by atoms with van der Waals surface area (Å²) in [6.07, 6.45) is 2.35. The van der Waals surface area contributed by atoms with Crippen LogP contribution < -0.4 is 0 Å². The van der Waals surface area contributed by atoms with Gasteiger partial charge in [-0.2, -0.15) is 0 Å². The molecule has 0 bridgehead atoms. The van der Waals surface area contributed by atoms with Crippen molar-refractivity contribution in [3.05, 3.63) is 12.7 Å². The number of hydrogen-bond donors (Lipinski definition) is 0. The van der Waals surface area contributed by atoms with Crippen LogP contribution in [0.5, 0.6) is 0 Å². The maximum atomic E-state index is 11.2. The van der Waals surface area contributed by atoms with Crippen molar-refractivity contribution >= 4 is 14.1 Å². The van der Waals surface area contributed by atoms with E-state index in [0.29, 0.717) is 13.0 Å². The molecule has 0 aromatic rings. The number of carbonyl (C=O) groups excluding carboxylic acids is 1. The third kappa shape index (κ3) is 5.17. The second-order valence-electron chi connectivity index (χ2n) is 6.79. The molecule has 0 fully saturated rings. The lowest BCUT2D eigenvalue weighted by Crippen LogP contribution is -2.43. The van der Waals surface area contributed by atoms with Crippen LogP contribution in [0.4, 0.5) is 0 Å². The van der Waals surface area contributed by atoms with Crippen LogP contribution in [0, 0.1) is 5.41 Å². The van der Waals surface area contributed by atoms with Crippen molar-refractivity contribution in [3.63, 3.8) is 0 Å². The van der Waals surface area contributed by atoms with E-state index in [0.717, 1.165) is 0 Å². The first-order valence-electron chi connectivity index (χ1n) is 6.20. The van der Waals surface area contributed by atoms with Crippen LogP contribution in [0.25, 0.3) is 0 Å². The Morgan fingerprint density at radius 1 is 1.29 bits per heavy atom. The van der Waals surface area contributed by atoms with E-state index < -0.39 is 8.32 Å². The van der Waals surface area contributed by atoms with E-state index in [2.05, 4.69) is 40.4 Å². The van der Waals surface area contributed by atoms with Gasteiger partial charge in [0.05, 0.1) is 0 Å². The second kappa shape index (κ2) is 5.49. The molecule has 0 aromatic heterocycles. The van der Waals surface area contributed by atoms with Crippen LogP contribution in [-0.4, -0.2) is 20.7 Å². The SMILES string of the molecule is C=CC(C)(CO[Si](C)(C)C(C)(C)C)CC(C)=O. The Balaban J connectivity index is 4.63. The van der Waals surface area contributed by atoms with Crippen molar-refractivity contribution in [1.82, 2.24) is 0 Å². The van der Waals surface area contributed by atoms with Crippen LogP contribution in [0.1, 0.15) is 41.0 Å². The Hall–Kier alpha value is -0.413. The van der Waals surface area contributed by atoms with Crippen LogP contribution in [-0.2, 0) is 9.22 Å². The fourth-order valence-corrected chi connectivity index (χ4v) is 2.44. The lowest BCUT2D eigenvalue weighted by molar-refractivity contribution is -0.118. The van der Waals surface area contributed by atoms with E-state index >= 15 is 0 Å². The normalized spacial score (nSPS) is 16.4. The highest BCUT2D eigenvalue weighted by molar-refractivity contribution is 6.74. The topological polar surface area (TPSA) is 26.3 Å². The number of ketones is 1. The number of hydrogen-bond acceptors (Lipinski definition) is 2. The highest BCUT2D eigenvalue weighted by Crippen LogP contribution is 2.38. The molecule has 1 atom stereocenters. The maximum Gasteiger partial charge on any atom is 0.192 e. The minimum Gasteiger partial charge on any atom is -0.416 e. The van der Waals surface area contributed by atoms with Gasteiger partial charge in [-0.15, -0.1) is 6.58 Å². The third-order valence-electron chi connectivity index (χ3n) is 3.71. The molecule has 0 saturated heterocycles. The van der Waals surface area contributed by atoms with Crippen molar-refractivity contribution in [2.75, 3.05) is 6.61 Å². The van der Waals surface area contributed by atoms with E-state index in [-0.39, 0.29) is 16.2 Å². The van der Waals surface area contributed by atoms with Crippen LogP contribution >= 0.6 is 0 Å². The molecule has 1 unspecified atom stereocenters. The minimum atomic E-state index is -1.74. The molecular formula is C14H28O2Si. The number of Topliss-reactive ketones (excluding diaryl/α,β-unsaturated/α-hetero) is 1. The zero-order chi connectivity index (χ0) is 13.9. The van der Waals surface area contributed by atoms with Gasteiger partial charge in [-0.1, -0.05) is 33.8 Å². The van der Waals surface area contributed by atoms with E-state index in [9.17, 15) is 4.79 Å². The summed E-state index contributed by atoms with van der Waals surface area (Å²) in [6.45, 7) is 19.2. The molecule has 0 N–H and O–H groups in total. The minimum absolute atomic E-state index is 0.186. The zero-order valence-electron chi connectivity index (χ0n) is 12.5. The first-order valence-corrected chi connectivity index (χ1v) is 9.11. The standard InChI is InChI=1S/C14H28O2Si/c1-9-14(6,10-12(2)15)11-16-17(7,8)13(3,4)5/h9H,1,10-11H2,2-8H3. The summed E-state index contributed by atoms with van der Waals surface area (Å²) in [7, 11) is -1.74. The molecule has 3 heteroatoms. The largest absolute Gasteiger partial charge is 0.416 e. The fraction of sp³-hybridized carbons (Fsp3) is 0.786. The van der Waals surface area contributed by atoms with Crippen molar-refractivity contribution in [1.29, 1.82) is 0 Å². The highest BCUT2D eigenvalue weighted by Gasteiger charge is 2.38. The summed E-state index contributed by atoms with van der Waals surface area (Å²) in [6, 6.07) is 0. The predicted molar refractivity (Wildman–Crippen MR) is 76.8 cm³/mol. The van der Waals surface area contributed by atoms with Gasteiger partial charge in [0, 0.05) is 18.4 Å². The van der Waals surface area contributed by atoms with Gasteiger partial charge < -0.3 is 4.43 Å². The molecule has 0 aromatic carbocycles. The Morgan fingerprint density at radius 2 is 1.76 bits per heavy atom. The van der Waals surface area contributed by atoms with Gasteiger partial charge in [0.15, 0.2) is 8.32 Å². The van der Waals surface area contributed by atoms with Gasteiger partial charge in [-0.25, -0.2) is 0 Å². The van der Waals surface area contributed by atoms with Crippen LogP contribution in [0.3, 0.4) is 0 Å². The van der Waals surface area contributed by atoms with Crippen molar-refractivity contribution in [2.24, 2.45) is 5.41 Å². The maximum absolute atomic E-state index is 11.2. The van der Waals surface area contributed by atoms with Crippen LogP contribution in [0.2, 0.25) is 18.1 Å².